The number of carbonyl (C=O) groups excluding carboxylic acids is 1. The van der Waals surface area contributed by atoms with Crippen molar-refractivity contribution in [2.45, 2.75) is 32.1 Å². The topological polar surface area (TPSA) is 17.1 Å². The fourth-order valence-electron chi connectivity index (χ4n) is 2.50. The van der Waals surface area contributed by atoms with E-state index >= 15 is 0 Å². The summed E-state index contributed by atoms with van der Waals surface area (Å²) in [5.41, 5.74) is 2.43. The average molecular weight is 291 g/mol. The van der Waals surface area contributed by atoms with Crippen LogP contribution in [0.25, 0.3) is 0 Å². The summed E-state index contributed by atoms with van der Waals surface area (Å²) in [7, 11) is 0. The number of hydrogen-bond acceptors (Lipinski definition) is 2. The second kappa shape index (κ2) is 5.48. The fourth-order valence-corrected chi connectivity index (χ4v) is 3.82. The van der Waals surface area contributed by atoms with Crippen molar-refractivity contribution in [3.05, 3.63) is 56.2 Å². The van der Waals surface area contributed by atoms with Gasteiger partial charge in [0, 0.05) is 16.3 Å². The Bertz CT molecular complexity index is 574. The van der Waals surface area contributed by atoms with E-state index in [1.807, 2.05) is 24.3 Å². The molecule has 3 rings (SSSR count). The van der Waals surface area contributed by atoms with Crippen molar-refractivity contribution in [1.82, 2.24) is 0 Å². The van der Waals surface area contributed by atoms with E-state index in [4.69, 9.17) is 11.6 Å². The van der Waals surface area contributed by atoms with Crippen molar-refractivity contribution < 1.29 is 4.79 Å². The maximum atomic E-state index is 12.3. The van der Waals surface area contributed by atoms with Crippen LogP contribution < -0.4 is 0 Å². The zero-order valence-electron chi connectivity index (χ0n) is 10.6. The predicted molar refractivity (Wildman–Crippen MR) is 80.4 cm³/mol. The van der Waals surface area contributed by atoms with Crippen LogP contribution in [0.4, 0.5) is 0 Å². The Morgan fingerprint density at radius 1 is 1.16 bits per heavy atom. The molecule has 3 heteroatoms. The number of aryl methyl sites for hydroxylation is 2. The largest absolute Gasteiger partial charge is 0.293 e. The van der Waals surface area contributed by atoms with Crippen LogP contribution >= 0.6 is 22.9 Å². The maximum absolute atomic E-state index is 12.3. The molecule has 0 saturated heterocycles. The maximum Gasteiger partial charge on any atom is 0.177 e. The first kappa shape index (κ1) is 12.9. The summed E-state index contributed by atoms with van der Waals surface area (Å²) < 4.78 is 0. The normalized spacial score (nSPS) is 14.2. The minimum Gasteiger partial charge on any atom is -0.293 e. The van der Waals surface area contributed by atoms with Crippen molar-refractivity contribution in [3.63, 3.8) is 0 Å². The summed E-state index contributed by atoms with van der Waals surface area (Å²) >= 11 is 7.54. The standard InChI is InChI=1S/C16H15ClOS/c17-13-7-5-11(6-8-13)9-14(18)16-10-12-3-1-2-4-15(12)19-16/h5-8,10H,1-4,9H2. The van der Waals surface area contributed by atoms with Gasteiger partial charge in [-0.1, -0.05) is 23.7 Å². The van der Waals surface area contributed by atoms with Crippen LogP contribution in [0.5, 0.6) is 0 Å². The highest BCUT2D eigenvalue weighted by Crippen LogP contribution is 2.30. The van der Waals surface area contributed by atoms with Crippen LogP contribution in [0.1, 0.15) is 38.5 Å². The van der Waals surface area contributed by atoms with Crippen molar-refractivity contribution in [2.75, 3.05) is 0 Å². The Morgan fingerprint density at radius 3 is 2.63 bits per heavy atom. The average Bonchev–Trinajstić information content (AvgIpc) is 2.85. The molecule has 1 aliphatic rings. The molecule has 0 radical (unpaired) electrons. The molecule has 0 atom stereocenters. The second-order valence-electron chi connectivity index (χ2n) is 4.99. The van der Waals surface area contributed by atoms with Gasteiger partial charge in [-0.15, -0.1) is 11.3 Å². The van der Waals surface area contributed by atoms with E-state index in [9.17, 15) is 4.79 Å². The Balaban J connectivity index is 1.76. The quantitative estimate of drug-likeness (QED) is 0.749. The van der Waals surface area contributed by atoms with Gasteiger partial charge in [0.15, 0.2) is 5.78 Å². The molecule has 19 heavy (non-hydrogen) atoms. The van der Waals surface area contributed by atoms with Crippen LogP contribution in [0.2, 0.25) is 5.02 Å². The van der Waals surface area contributed by atoms with Crippen molar-refractivity contribution in [2.24, 2.45) is 0 Å². The molecule has 0 amide bonds. The Labute approximate surface area is 122 Å². The predicted octanol–water partition coefficient (Wildman–Crippen LogP) is 4.71. The first-order chi connectivity index (χ1) is 9.22. The Morgan fingerprint density at radius 2 is 1.89 bits per heavy atom. The van der Waals surface area contributed by atoms with Gasteiger partial charge < -0.3 is 0 Å². The lowest BCUT2D eigenvalue weighted by Gasteiger charge is -2.08. The third-order valence-corrected chi connectivity index (χ3v) is 5.08. The number of thiophene rings is 1. The fraction of sp³-hybridized carbons (Fsp3) is 0.312. The smallest absolute Gasteiger partial charge is 0.177 e. The molecule has 0 N–H and O–H groups in total. The zero-order valence-corrected chi connectivity index (χ0v) is 12.2. The molecular weight excluding hydrogens is 276 g/mol. The van der Waals surface area contributed by atoms with E-state index in [-0.39, 0.29) is 5.78 Å². The van der Waals surface area contributed by atoms with Gasteiger partial charge in [0.1, 0.15) is 0 Å². The van der Waals surface area contributed by atoms with Gasteiger partial charge in [-0.25, -0.2) is 0 Å². The molecule has 0 unspecified atom stereocenters. The minimum absolute atomic E-state index is 0.224. The molecule has 0 fully saturated rings. The first-order valence-corrected chi connectivity index (χ1v) is 7.81. The molecule has 1 aromatic carbocycles. The van der Waals surface area contributed by atoms with Crippen molar-refractivity contribution in [3.8, 4) is 0 Å². The lowest BCUT2D eigenvalue weighted by molar-refractivity contribution is 0.0997. The second-order valence-corrected chi connectivity index (χ2v) is 6.57. The number of carbonyl (C=O) groups is 1. The van der Waals surface area contributed by atoms with E-state index in [1.54, 1.807) is 11.3 Å². The molecule has 1 heterocycles. The molecular formula is C16H15ClOS. The molecule has 1 nitrogen and oxygen atoms in total. The molecule has 1 aliphatic carbocycles. The number of benzene rings is 1. The molecule has 0 aliphatic heterocycles. The lowest BCUT2D eigenvalue weighted by Crippen LogP contribution is -2.00. The molecule has 1 aromatic heterocycles. The van der Waals surface area contributed by atoms with Crippen LogP contribution in [0.15, 0.2) is 30.3 Å². The summed E-state index contributed by atoms with van der Waals surface area (Å²) in [5.74, 6) is 0.224. The third kappa shape index (κ3) is 2.90. The molecule has 98 valence electrons. The first-order valence-electron chi connectivity index (χ1n) is 6.61. The van der Waals surface area contributed by atoms with Crippen LogP contribution in [-0.2, 0) is 19.3 Å². The number of fused-ring (bicyclic) bond motifs is 1. The van der Waals surface area contributed by atoms with E-state index in [2.05, 4.69) is 6.07 Å². The van der Waals surface area contributed by atoms with Gasteiger partial charge in [0.2, 0.25) is 0 Å². The molecule has 0 saturated carbocycles. The third-order valence-electron chi connectivity index (χ3n) is 3.55. The van der Waals surface area contributed by atoms with Gasteiger partial charge in [-0.3, -0.25) is 4.79 Å². The number of rotatable bonds is 3. The summed E-state index contributed by atoms with van der Waals surface area (Å²) in [6.07, 6.45) is 5.28. The Kier molecular flexibility index (Phi) is 3.72. The van der Waals surface area contributed by atoms with Crippen LogP contribution in [0, 0.1) is 0 Å². The van der Waals surface area contributed by atoms with Crippen molar-refractivity contribution >= 4 is 28.7 Å². The highest BCUT2D eigenvalue weighted by molar-refractivity contribution is 7.14. The lowest BCUT2D eigenvalue weighted by atomic mass is 9.98. The van der Waals surface area contributed by atoms with Gasteiger partial charge in [-0.05, 0) is 55.0 Å². The van der Waals surface area contributed by atoms with Gasteiger partial charge in [-0.2, -0.15) is 0 Å². The number of hydrogen-bond donors (Lipinski definition) is 0. The SMILES string of the molecule is O=C(Cc1ccc(Cl)cc1)c1cc2c(s1)CCCC2. The monoisotopic (exact) mass is 290 g/mol. The minimum atomic E-state index is 0.224. The summed E-state index contributed by atoms with van der Waals surface area (Å²) in [5, 5.41) is 0.711. The number of halogens is 1. The van der Waals surface area contributed by atoms with Gasteiger partial charge >= 0.3 is 0 Å². The summed E-state index contributed by atoms with van der Waals surface area (Å²) in [4.78, 5) is 14.6. The zero-order chi connectivity index (χ0) is 13.2. The van der Waals surface area contributed by atoms with Crippen LogP contribution in [0.3, 0.4) is 0 Å². The number of ketones is 1. The van der Waals surface area contributed by atoms with Gasteiger partial charge in [0.05, 0.1) is 4.88 Å². The van der Waals surface area contributed by atoms with E-state index in [0.717, 1.165) is 23.3 Å². The summed E-state index contributed by atoms with van der Waals surface area (Å²) in [6.45, 7) is 0. The van der Waals surface area contributed by atoms with E-state index in [1.165, 1.54) is 23.3 Å². The van der Waals surface area contributed by atoms with Gasteiger partial charge in [0.25, 0.3) is 0 Å². The van der Waals surface area contributed by atoms with E-state index in [0.29, 0.717) is 11.4 Å². The molecule has 0 bridgehead atoms. The molecule has 0 spiro atoms. The molecule has 2 aromatic rings. The number of Topliss-reactive ketones (excluding diaryl/α,β-unsaturated/α-hetero) is 1. The summed E-state index contributed by atoms with van der Waals surface area (Å²) in [6, 6.07) is 9.63. The highest BCUT2D eigenvalue weighted by atomic mass is 35.5. The Hall–Kier alpha value is -1.12. The van der Waals surface area contributed by atoms with Crippen molar-refractivity contribution in [1.29, 1.82) is 0 Å². The van der Waals surface area contributed by atoms with Crippen LogP contribution in [-0.4, -0.2) is 5.78 Å². The van der Waals surface area contributed by atoms with E-state index < -0.39 is 0 Å². The highest BCUT2D eigenvalue weighted by Gasteiger charge is 2.17.